The van der Waals surface area contributed by atoms with Crippen molar-refractivity contribution in [3.63, 3.8) is 0 Å². The molecule has 0 radical (unpaired) electrons. The standard InChI is InChI=1S/C24H30N2O6/c1-17(25-23(27)30-15-18-9-5-3-6-10-18)21-14-13-20(22(29-2)32-21)26-24(28)31-16-19-11-7-4-8-12-19/h3-12,17,20-22H,13-16H2,1-2H3,(H,25,27)(H,26,28)/t17-,20-,21+,22+/m1/s1. The maximum atomic E-state index is 12.2. The third kappa shape index (κ3) is 7.25. The Labute approximate surface area is 188 Å². The van der Waals surface area contributed by atoms with Crippen molar-refractivity contribution in [2.45, 2.75) is 57.5 Å². The highest BCUT2D eigenvalue weighted by atomic mass is 16.7. The van der Waals surface area contributed by atoms with Crippen molar-refractivity contribution >= 4 is 12.2 Å². The lowest BCUT2D eigenvalue weighted by atomic mass is 9.99. The van der Waals surface area contributed by atoms with Gasteiger partial charge in [-0.15, -0.1) is 0 Å². The summed E-state index contributed by atoms with van der Waals surface area (Å²) in [4.78, 5) is 24.3. The minimum atomic E-state index is -0.650. The second kappa shape index (κ2) is 12.1. The van der Waals surface area contributed by atoms with E-state index in [1.165, 1.54) is 7.11 Å². The molecule has 1 aliphatic rings. The van der Waals surface area contributed by atoms with Crippen LogP contribution in [0, 0.1) is 0 Å². The molecule has 8 nitrogen and oxygen atoms in total. The molecule has 1 heterocycles. The summed E-state index contributed by atoms with van der Waals surface area (Å²) in [6.45, 7) is 2.23. The van der Waals surface area contributed by atoms with Crippen LogP contribution in [-0.2, 0) is 32.2 Å². The number of alkyl carbamates (subject to hydrolysis) is 2. The van der Waals surface area contributed by atoms with Gasteiger partial charge in [0.1, 0.15) is 13.2 Å². The van der Waals surface area contributed by atoms with Crippen LogP contribution in [0.15, 0.2) is 60.7 Å². The van der Waals surface area contributed by atoms with Crippen molar-refractivity contribution in [3.8, 4) is 0 Å². The summed E-state index contributed by atoms with van der Waals surface area (Å²) < 4.78 is 21.9. The van der Waals surface area contributed by atoms with Crippen LogP contribution >= 0.6 is 0 Å². The monoisotopic (exact) mass is 442 g/mol. The molecule has 0 saturated carbocycles. The fraction of sp³-hybridized carbons (Fsp3) is 0.417. The van der Waals surface area contributed by atoms with Crippen LogP contribution in [0.5, 0.6) is 0 Å². The molecule has 2 N–H and O–H groups in total. The van der Waals surface area contributed by atoms with Gasteiger partial charge in [0.15, 0.2) is 6.29 Å². The molecule has 0 unspecified atom stereocenters. The van der Waals surface area contributed by atoms with E-state index in [1.54, 1.807) is 0 Å². The van der Waals surface area contributed by atoms with Gasteiger partial charge in [0.25, 0.3) is 0 Å². The van der Waals surface area contributed by atoms with Gasteiger partial charge < -0.3 is 29.6 Å². The zero-order chi connectivity index (χ0) is 22.8. The fourth-order valence-corrected chi connectivity index (χ4v) is 3.50. The number of nitrogens with one attached hydrogen (secondary N) is 2. The van der Waals surface area contributed by atoms with Crippen molar-refractivity contribution in [1.29, 1.82) is 0 Å². The number of ether oxygens (including phenoxy) is 4. The number of benzene rings is 2. The summed E-state index contributed by atoms with van der Waals surface area (Å²) >= 11 is 0. The summed E-state index contributed by atoms with van der Waals surface area (Å²) in [6.07, 6.45) is -0.717. The van der Waals surface area contributed by atoms with Gasteiger partial charge in [-0.2, -0.15) is 0 Å². The molecular weight excluding hydrogens is 412 g/mol. The number of rotatable bonds is 8. The van der Waals surface area contributed by atoms with Crippen LogP contribution in [0.1, 0.15) is 30.9 Å². The van der Waals surface area contributed by atoms with E-state index in [-0.39, 0.29) is 31.4 Å². The average molecular weight is 443 g/mol. The van der Waals surface area contributed by atoms with E-state index in [4.69, 9.17) is 18.9 Å². The normalized spacial score (nSPS) is 21.2. The highest BCUT2D eigenvalue weighted by Gasteiger charge is 2.35. The number of carbonyl (C=O) groups is 2. The summed E-state index contributed by atoms with van der Waals surface area (Å²) in [7, 11) is 1.52. The Bertz CT molecular complexity index is 848. The summed E-state index contributed by atoms with van der Waals surface area (Å²) in [5, 5.41) is 5.61. The van der Waals surface area contributed by atoms with Crippen LogP contribution in [0.25, 0.3) is 0 Å². The first-order valence-electron chi connectivity index (χ1n) is 10.7. The molecule has 32 heavy (non-hydrogen) atoms. The van der Waals surface area contributed by atoms with Crippen molar-refractivity contribution in [3.05, 3.63) is 71.8 Å². The molecule has 2 aromatic rings. The lowest BCUT2D eigenvalue weighted by molar-refractivity contribution is -0.198. The first kappa shape index (κ1) is 23.6. The predicted octanol–water partition coefficient (Wildman–Crippen LogP) is 3.75. The molecule has 1 fully saturated rings. The van der Waals surface area contributed by atoms with Gasteiger partial charge in [-0.05, 0) is 30.9 Å². The molecule has 8 heteroatoms. The molecule has 1 aliphatic heterocycles. The summed E-state index contributed by atoms with van der Waals surface area (Å²) in [5.74, 6) is 0. The molecule has 0 spiro atoms. The van der Waals surface area contributed by atoms with Gasteiger partial charge in [-0.25, -0.2) is 9.59 Å². The molecule has 0 aliphatic carbocycles. The largest absolute Gasteiger partial charge is 0.445 e. The molecule has 0 bridgehead atoms. The molecule has 2 amide bonds. The predicted molar refractivity (Wildman–Crippen MR) is 118 cm³/mol. The highest BCUT2D eigenvalue weighted by molar-refractivity contribution is 5.68. The van der Waals surface area contributed by atoms with E-state index in [2.05, 4.69) is 10.6 Å². The maximum absolute atomic E-state index is 12.2. The molecule has 172 valence electrons. The number of methoxy groups -OCH3 is 1. The molecule has 4 atom stereocenters. The molecule has 1 saturated heterocycles. The van der Waals surface area contributed by atoms with Crippen molar-refractivity contribution < 1.29 is 28.5 Å². The SMILES string of the molecule is CO[C@H]1O[C@H]([C@@H](C)NC(=O)OCc2ccccc2)CC[C@H]1NC(=O)OCc1ccccc1. The van der Waals surface area contributed by atoms with E-state index in [0.717, 1.165) is 11.1 Å². The van der Waals surface area contributed by atoms with E-state index < -0.39 is 18.5 Å². The summed E-state index contributed by atoms with van der Waals surface area (Å²) in [5.41, 5.74) is 1.82. The third-order valence-corrected chi connectivity index (χ3v) is 5.26. The van der Waals surface area contributed by atoms with Crippen LogP contribution in [-0.4, -0.2) is 43.8 Å². The fourth-order valence-electron chi connectivity index (χ4n) is 3.50. The topological polar surface area (TPSA) is 95.1 Å². The van der Waals surface area contributed by atoms with Crippen LogP contribution < -0.4 is 10.6 Å². The van der Waals surface area contributed by atoms with Crippen molar-refractivity contribution in [1.82, 2.24) is 10.6 Å². The lowest BCUT2D eigenvalue weighted by Crippen LogP contribution is -2.54. The highest BCUT2D eigenvalue weighted by Crippen LogP contribution is 2.23. The smallest absolute Gasteiger partial charge is 0.407 e. The zero-order valence-corrected chi connectivity index (χ0v) is 18.4. The molecule has 2 aromatic carbocycles. The number of hydrogen-bond acceptors (Lipinski definition) is 6. The van der Waals surface area contributed by atoms with E-state index in [1.807, 2.05) is 67.6 Å². The summed E-state index contributed by atoms with van der Waals surface area (Å²) in [6, 6.07) is 18.3. The number of hydrogen-bond donors (Lipinski definition) is 2. The van der Waals surface area contributed by atoms with Gasteiger partial charge in [0.05, 0.1) is 18.2 Å². The van der Waals surface area contributed by atoms with Crippen LogP contribution in [0.2, 0.25) is 0 Å². The Balaban J connectivity index is 1.41. The molecular formula is C24H30N2O6. The zero-order valence-electron chi connectivity index (χ0n) is 18.4. The van der Waals surface area contributed by atoms with E-state index in [0.29, 0.717) is 12.8 Å². The minimum absolute atomic E-state index is 0.187. The second-order valence-electron chi connectivity index (χ2n) is 7.66. The molecule has 3 rings (SSSR count). The lowest BCUT2D eigenvalue weighted by Gasteiger charge is -2.38. The van der Waals surface area contributed by atoms with Crippen LogP contribution in [0.3, 0.4) is 0 Å². The Hall–Kier alpha value is -3.10. The van der Waals surface area contributed by atoms with Gasteiger partial charge in [0.2, 0.25) is 0 Å². The third-order valence-electron chi connectivity index (χ3n) is 5.26. The quantitative estimate of drug-likeness (QED) is 0.647. The van der Waals surface area contributed by atoms with Gasteiger partial charge >= 0.3 is 12.2 Å². The van der Waals surface area contributed by atoms with Gasteiger partial charge in [0, 0.05) is 7.11 Å². The minimum Gasteiger partial charge on any atom is -0.445 e. The Kier molecular flexibility index (Phi) is 8.89. The Morgan fingerprint density at radius 3 is 2.06 bits per heavy atom. The maximum Gasteiger partial charge on any atom is 0.407 e. The van der Waals surface area contributed by atoms with Crippen molar-refractivity contribution in [2.24, 2.45) is 0 Å². The van der Waals surface area contributed by atoms with E-state index in [9.17, 15) is 9.59 Å². The van der Waals surface area contributed by atoms with Gasteiger partial charge in [-0.1, -0.05) is 60.7 Å². The first-order chi connectivity index (χ1) is 15.5. The van der Waals surface area contributed by atoms with Gasteiger partial charge in [-0.3, -0.25) is 0 Å². The van der Waals surface area contributed by atoms with Crippen molar-refractivity contribution in [2.75, 3.05) is 7.11 Å². The Morgan fingerprint density at radius 2 is 1.50 bits per heavy atom. The number of carbonyl (C=O) groups excluding carboxylic acids is 2. The number of amides is 2. The second-order valence-corrected chi connectivity index (χ2v) is 7.66. The van der Waals surface area contributed by atoms with E-state index >= 15 is 0 Å². The Morgan fingerprint density at radius 1 is 0.938 bits per heavy atom. The van der Waals surface area contributed by atoms with Crippen LogP contribution in [0.4, 0.5) is 9.59 Å². The molecule has 0 aromatic heterocycles. The average Bonchev–Trinajstić information content (AvgIpc) is 2.83. The first-order valence-corrected chi connectivity index (χ1v) is 10.7.